The molecular formula is C18H17Cl2N3O4. The smallest absolute Gasteiger partial charge is 0.349 e. The highest BCUT2D eigenvalue weighted by molar-refractivity contribution is 6.37. The molecule has 1 aromatic heterocycles. The maximum atomic E-state index is 11.7. The van der Waals surface area contributed by atoms with Crippen LogP contribution in [0.2, 0.25) is 10.0 Å². The number of benzene rings is 2. The summed E-state index contributed by atoms with van der Waals surface area (Å²) in [6, 6.07) is 7.79. The normalized spacial score (nSPS) is 12.1. The Kier molecular flexibility index (Phi) is 5.34. The van der Waals surface area contributed by atoms with Gasteiger partial charge in [-0.2, -0.15) is 0 Å². The zero-order chi connectivity index (χ0) is 19.7. The summed E-state index contributed by atoms with van der Waals surface area (Å²) in [5.41, 5.74) is -0.242. The van der Waals surface area contributed by atoms with E-state index < -0.39 is 11.4 Å². The first-order valence-corrected chi connectivity index (χ1v) is 8.97. The van der Waals surface area contributed by atoms with Crippen LogP contribution in [-0.2, 0) is 0 Å². The van der Waals surface area contributed by atoms with Crippen molar-refractivity contribution >= 4 is 23.2 Å². The molecule has 2 aromatic carbocycles. The maximum absolute atomic E-state index is 11.7. The first-order valence-electron chi connectivity index (χ1n) is 8.21. The van der Waals surface area contributed by atoms with Crippen molar-refractivity contribution in [1.29, 1.82) is 0 Å². The number of phenols is 1. The van der Waals surface area contributed by atoms with Crippen molar-refractivity contribution in [3.8, 4) is 22.9 Å². The number of aromatic nitrogens is 3. The lowest BCUT2D eigenvalue weighted by Gasteiger charge is -2.15. The third-order valence-electron chi connectivity index (χ3n) is 4.24. The van der Waals surface area contributed by atoms with Gasteiger partial charge in [0.2, 0.25) is 0 Å². The topological polar surface area (TPSA) is 100 Å². The Morgan fingerprint density at radius 3 is 2.41 bits per heavy atom. The molecule has 0 aliphatic rings. The van der Waals surface area contributed by atoms with Crippen LogP contribution in [0.25, 0.3) is 5.69 Å². The van der Waals surface area contributed by atoms with Crippen LogP contribution in [0.3, 0.4) is 0 Å². The van der Waals surface area contributed by atoms with Gasteiger partial charge in [-0.05, 0) is 42.7 Å². The fraction of sp³-hybridized carbons (Fsp3) is 0.222. The summed E-state index contributed by atoms with van der Waals surface area (Å²) < 4.78 is 6.81. The zero-order valence-electron chi connectivity index (χ0n) is 14.5. The molecule has 3 rings (SSSR count). The van der Waals surface area contributed by atoms with Gasteiger partial charge < -0.3 is 9.84 Å². The van der Waals surface area contributed by atoms with Crippen LogP contribution in [0, 0.1) is 0 Å². The highest BCUT2D eigenvalue weighted by Gasteiger charge is 2.16. The van der Waals surface area contributed by atoms with E-state index in [2.05, 4.69) is 10.1 Å². The predicted octanol–water partition coefficient (Wildman–Crippen LogP) is 4.17. The van der Waals surface area contributed by atoms with Crippen molar-refractivity contribution in [3.05, 3.63) is 66.9 Å². The summed E-state index contributed by atoms with van der Waals surface area (Å²) in [6.45, 7) is 4.03. The summed E-state index contributed by atoms with van der Waals surface area (Å²) in [7, 11) is 0. The average molecular weight is 410 g/mol. The summed E-state index contributed by atoms with van der Waals surface area (Å²) >= 11 is 12.6. The van der Waals surface area contributed by atoms with Crippen molar-refractivity contribution in [2.24, 2.45) is 0 Å². The van der Waals surface area contributed by atoms with Crippen LogP contribution in [0.15, 0.2) is 39.9 Å². The number of halogens is 2. The van der Waals surface area contributed by atoms with Crippen LogP contribution >= 0.6 is 23.2 Å². The SMILES string of the molecule is CCC(C)c1cc(Oc2c(Cl)cc(-n3[nH]c(=O)[nH]c3=O)cc2Cl)ccc1O. The molecule has 7 nitrogen and oxygen atoms in total. The van der Waals surface area contributed by atoms with Crippen LogP contribution in [0.5, 0.6) is 17.2 Å². The Labute approximate surface area is 164 Å². The van der Waals surface area contributed by atoms with Gasteiger partial charge in [-0.15, -0.1) is 0 Å². The Hall–Kier alpha value is -2.64. The van der Waals surface area contributed by atoms with Crippen LogP contribution in [0.1, 0.15) is 31.7 Å². The van der Waals surface area contributed by atoms with Gasteiger partial charge >= 0.3 is 11.4 Å². The Bertz CT molecular complexity index is 1080. The molecule has 0 fully saturated rings. The second-order valence-electron chi connectivity index (χ2n) is 6.08. The lowest BCUT2D eigenvalue weighted by Crippen LogP contribution is -2.16. The maximum Gasteiger partial charge on any atom is 0.349 e. The monoisotopic (exact) mass is 409 g/mol. The van der Waals surface area contributed by atoms with E-state index in [1.165, 1.54) is 12.1 Å². The standard InChI is InChI=1S/C18H17Cl2N3O4/c1-3-9(2)12-8-11(4-5-15(12)24)27-16-13(19)6-10(7-14(16)20)23-18(26)21-17(25)22-23/h4-9,24H,3H2,1-2H3,(H2,21,22,25,26). The number of H-pyrrole nitrogens is 2. The van der Waals surface area contributed by atoms with Gasteiger partial charge in [0.15, 0.2) is 5.75 Å². The number of rotatable bonds is 5. The lowest BCUT2D eigenvalue weighted by molar-refractivity contribution is 0.452. The molecule has 27 heavy (non-hydrogen) atoms. The first kappa shape index (κ1) is 19.1. The Balaban J connectivity index is 1.98. The minimum atomic E-state index is -0.644. The van der Waals surface area contributed by atoms with E-state index in [1.807, 2.05) is 13.8 Å². The van der Waals surface area contributed by atoms with E-state index in [1.54, 1.807) is 18.2 Å². The van der Waals surface area contributed by atoms with E-state index >= 15 is 0 Å². The molecule has 3 N–H and O–H groups in total. The van der Waals surface area contributed by atoms with Gasteiger partial charge in [-0.3, -0.25) is 4.98 Å². The summed E-state index contributed by atoms with van der Waals surface area (Å²) in [5.74, 6) is 1.01. The molecule has 1 heterocycles. The number of nitrogens with zero attached hydrogens (tertiary/aromatic N) is 1. The van der Waals surface area contributed by atoms with Crippen molar-refractivity contribution in [1.82, 2.24) is 14.8 Å². The fourth-order valence-corrected chi connectivity index (χ4v) is 3.17. The molecule has 0 saturated carbocycles. The Morgan fingerprint density at radius 2 is 1.85 bits per heavy atom. The van der Waals surface area contributed by atoms with Gasteiger partial charge in [0.25, 0.3) is 0 Å². The van der Waals surface area contributed by atoms with E-state index in [4.69, 9.17) is 27.9 Å². The van der Waals surface area contributed by atoms with Crippen LogP contribution in [0.4, 0.5) is 0 Å². The summed E-state index contributed by atoms with van der Waals surface area (Å²) in [6.07, 6.45) is 0.858. The summed E-state index contributed by atoms with van der Waals surface area (Å²) in [5, 5.41) is 12.7. The van der Waals surface area contributed by atoms with Gasteiger partial charge in [0.05, 0.1) is 15.7 Å². The van der Waals surface area contributed by atoms with Gasteiger partial charge in [-0.25, -0.2) is 19.4 Å². The molecular weight excluding hydrogens is 393 g/mol. The van der Waals surface area contributed by atoms with Gasteiger partial charge in [0, 0.05) is 5.56 Å². The molecule has 1 atom stereocenters. The number of ether oxygens (including phenoxy) is 1. The number of phenolic OH excluding ortho intramolecular Hbond substituents is 1. The Morgan fingerprint density at radius 1 is 1.19 bits per heavy atom. The van der Waals surface area contributed by atoms with E-state index in [-0.39, 0.29) is 33.1 Å². The molecule has 0 amide bonds. The lowest BCUT2D eigenvalue weighted by atomic mass is 9.97. The van der Waals surface area contributed by atoms with E-state index in [0.29, 0.717) is 5.75 Å². The third-order valence-corrected chi connectivity index (χ3v) is 4.80. The molecule has 0 spiro atoms. The van der Waals surface area contributed by atoms with E-state index in [9.17, 15) is 14.7 Å². The van der Waals surface area contributed by atoms with Crippen molar-refractivity contribution in [3.63, 3.8) is 0 Å². The molecule has 0 saturated heterocycles. The minimum absolute atomic E-state index is 0.152. The molecule has 9 heteroatoms. The van der Waals surface area contributed by atoms with Crippen LogP contribution in [-0.4, -0.2) is 19.9 Å². The number of nitrogens with one attached hydrogen (secondary N) is 2. The second-order valence-corrected chi connectivity index (χ2v) is 6.89. The van der Waals surface area contributed by atoms with Crippen molar-refractivity contribution < 1.29 is 9.84 Å². The number of aromatic amines is 2. The predicted molar refractivity (Wildman–Crippen MR) is 104 cm³/mol. The van der Waals surface area contributed by atoms with Crippen LogP contribution < -0.4 is 16.1 Å². The number of hydrogen-bond donors (Lipinski definition) is 3. The fourth-order valence-electron chi connectivity index (χ4n) is 2.62. The van der Waals surface area contributed by atoms with Gasteiger partial charge in [-0.1, -0.05) is 37.0 Å². The molecule has 142 valence electrons. The number of aromatic hydroxyl groups is 1. The average Bonchev–Trinajstić information content (AvgIpc) is 2.97. The van der Waals surface area contributed by atoms with E-state index in [0.717, 1.165) is 16.7 Å². The molecule has 0 radical (unpaired) electrons. The number of hydrogen-bond acceptors (Lipinski definition) is 4. The molecule has 0 bridgehead atoms. The van der Waals surface area contributed by atoms with Crippen molar-refractivity contribution in [2.75, 3.05) is 0 Å². The third kappa shape index (κ3) is 3.89. The zero-order valence-corrected chi connectivity index (χ0v) is 16.1. The van der Waals surface area contributed by atoms with Crippen molar-refractivity contribution in [2.45, 2.75) is 26.2 Å². The molecule has 1 unspecified atom stereocenters. The molecule has 0 aliphatic carbocycles. The van der Waals surface area contributed by atoms with Gasteiger partial charge in [0.1, 0.15) is 11.5 Å². The first-order chi connectivity index (χ1) is 12.8. The minimum Gasteiger partial charge on any atom is -0.508 e. The largest absolute Gasteiger partial charge is 0.508 e. The highest BCUT2D eigenvalue weighted by atomic mass is 35.5. The quantitative estimate of drug-likeness (QED) is 0.588. The summed E-state index contributed by atoms with van der Waals surface area (Å²) in [4.78, 5) is 25.1. The molecule has 3 aromatic rings. The highest BCUT2D eigenvalue weighted by Crippen LogP contribution is 2.40. The molecule has 0 aliphatic heterocycles. The second kappa shape index (κ2) is 7.54.